The van der Waals surface area contributed by atoms with E-state index < -0.39 is 6.10 Å². The van der Waals surface area contributed by atoms with Crippen molar-refractivity contribution in [1.29, 1.82) is 0 Å². The Balaban J connectivity index is 1.58. The fraction of sp³-hybridized carbons (Fsp3) is 0.381. The van der Waals surface area contributed by atoms with Gasteiger partial charge in [0.15, 0.2) is 0 Å². The highest BCUT2D eigenvalue weighted by atomic mass is 16.5. The lowest BCUT2D eigenvalue weighted by atomic mass is 10.1. The molecule has 4 rings (SSSR count). The summed E-state index contributed by atoms with van der Waals surface area (Å²) >= 11 is 0. The Morgan fingerprint density at radius 1 is 1.15 bits per heavy atom. The summed E-state index contributed by atoms with van der Waals surface area (Å²) in [5, 5.41) is 12.4. The minimum Gasteiger partial charge on any atom is -0.388 e. The van der Waals surface area contributed by atoms with Crippen molar-refractivity contribution in [3.05, 3.63) is 48.0 Å². The first-order valence-corrected chi connectivity index (χ1v) is 9.12. The summed E-state index contributed by atoms with van der Waals surface area (Å²) in [6, 6.07) is 14.5. The van der Waals surface area contributed by atoms with Gasteiger partial charge in [0.25, 0.3) is 0 Å². The number of ether oxygens (including phenoxy) is 1. The van der Waals surface area contributed by atoms with E-state index in [-0.39, 0.29) is 12.0 Å². The molecule has 1 aromatic heterocycles. The van der Waals surface area contributed by atoms with Crippen molar-refractivity contribution >= 4 is 27.7 Å². The SMILES string of the molecule is CCO[C@@H]1CN(C(=O)Cc2ccc3c(c2)c2ccccc2n3C)C[C@H]1O. The molecule has 0 bridgehead atoms. The zero-order chi connectivity index (χ0) is 18.3. The second-order valence-corrected chi connectivity index (χ2v) is 6.96. The number of aliphatic hydroxyl groups excluding tert-OH is 1. The van der Waals surface area contributed by atoms with Gasteiger partial charge in [0, 0.05) is 48.5 Å². The maximum absolute atomic E-state index is 12.7. The maximum Gasteiger partial charge on any atom is 0.227 e. The lowest BCUT2D eigenvalue weighted by molar-refractivity contribution is -0.130. The van der Waals surface area contributed by atoms with E-state index in [9.17, 15) is 9.90 Å². The van der Waals surface area contributed by atoms with Gasteiger partial charge in [-0.05, 0) is 30.7 Å². The number of aryl methyl sites for hydroxylation is 1. The van der Waals surface area contributed by atoms with Crippen LogP contribution in [0.15, 0.2) is 42.5 Å². The van der Waals surface area contributed by atoms with Gasteiger partial charge in [0.1, 0.15) is 6.10 Å². The van der Waals surface area contributed by atoms with Crippen LogP contribution < -0.4 is 0 Å². The van der Waals surface area contributed by atoms with Crippen LogP contribution in [-0.4, -0.2) is 52.4 Å². The van der Waals surface area contributed by atoms with Crippen molar-refractivity contribution in [2.75, 3.05) is 19.7 Å². The number of hydrogen-bond acceptors (Lipinski definition) is 3. The Kier molecular flexibility index (Phi) is 4.42. The Labute approximate surface area is 152 Å². The van der Waals surface area contributed by atoms with E-state index >= 15 is 0 Å². The largest absolute Gasteiger partial charge is 0.388 e. The molecule has 5 heteroatoms. The van der Waals surface area contributed by atoms with Gasteiger partial charge in [-0.25, -0.2) is 0 Å². The lowest BCUT2D eigenvalue weighted by Crippen LogP contribution is -2.31. The van der Waals surface area contributed by atoms with Crippen molar-refractivity contribution in [3.8, 4) is 0 Å². The highest BCUT2D eigenvalue weighted by Gasteiger charge is 2.34. The number of nitrogens with zero attached hydrogens (tertiary/aromatic N) is 2. The maximum atomic E-state index is 12.7. The Morgan fingerprint density at radius 2 is 1.92 bits per heavy atom. The molecule has 0 radical (unpaired) electrons. The van der Waals surface area contributed by atoms with Crippen LogP contribution in [0.5, 0.6) is 0 Å². The van der Waals surface area contributed by atoms with E-state index in [2.05, 4.69) is 35.9 Å². The molecule has 1 saturated heterocycles. The molecule has 0 unspecified atom stereocenters. The zero-order valence-corrected chi connectivity index (χ0v) is 15.2. The Morgan fingerprint density at radius 3 is 2.73 bits per heavy atom. The molecule has 0 spiro atoms. The van der Waals surface area contributed by atoms with E-state index in [1.54, 1.807) is 4.90 Å². The average molecular weight is 352 g/mol. The second-order valence-electron chi connectivity index (χ2n) is 6.96. The number of rotatable bonds is 4. The predicted octanol–water partition coefficient (Wildman–Crippen LogP) is 2.48. The molecule has 2 aromatic carbocycles. The number of aromatic nitrogens is 1. The topological polar surface area (TPSA) is 54.7 Å². The summed E-state index contributed by atoms with van der Waals surface area (Å²) in [5.74, 6) is 0.0332. The highest BCUT2D eigenvalue weighted by Crippen LogP contribution is 2.29. The number of hydrogen-bond donors (Lipinski definition) is 1. The smallest absolute Gasteiger partial charge is 0.227 e. The Bertz CT molecular complexity index is 962. The third-order valence-electron chi connectivity index (χ3n) is 5.30. The number of fused-ring (bicyclic) bond motifs is 3. The third kappa shape index (κ3) is 2.87. The minimum absolute atomic E-state index is 0.0332. The van der Waals surface area contributed by atoms with Gasteiger partial charge in [-0.1, -0.05) is 24.3 Å². The first kappa shape index (κ1) is 17.1. The quantitative estimate of drug-likeness (QED) is 0.785. The van der Waals surface area contributed by atoms with Crippen LogP contribution in [0.2, 0.25) is 0 Å². The van der Waals surface area contributed by atoms with Crippen molar-refractivity contribution in [1.82, 2.24) is 9.47 Å². The lowest BCUT2D eigenvalue weighted by Gasteiger charge is -2.16. The molecule has 1 fully saturated rings. The molecule has 136 valence electrons. The number of likely N-dealkylation sites (tertiary alicyclic amines) is 1. The minimum atomic E-state index is -0.598. The molecule has 2 heterocycles. The summed E-state index contributed by atoms with van der Waals surface area (Å²) in [6.45, 7) is 3.25. The molecular formula is C21H24N2O3. The molecule has 5 nitrogen and oxygen atoms in total. The van der Waals surface area contributed by atoms with Crippen LogP contribution in [0.25, 0.3) is 21.8 Å². The molecule has 1 N–H and O–H groups in total. The number of para-hydroxylation sites is 1. The fourth-order valence-electron chi connectivity index (χ4n) is 3.95. The summed E-state index contributed by atoms with van der Waals surface area (Å²) in [7, 11) is 2.06. The van der Waals surface area contributed by atoms with E-state index in [0.29, 0.717) is 26.1 Å². The van der Waals surface area contributed by atoms with Gasteiger partial charge < -0.3 is 19.3 Å². The standard InChI is InChI=1S/C21H24N2O3/c1-3-26-20-13-23(12-19(20)24)21(25)11-14-8-9-18-16(10-14)15-6-4-5-7-17(15)22(18)2/h4-10,19-20,24H,3,11-13H2,1-2H3/t19-,20-/m1/s1. The first-order valence-electron chi connectivity index (χ1n) is 9.12. The first-order chi connectivity index (χ1) is 12.6. The zero-order valence-electron chi connectivity index (χ0n) is 15.2. The number of amides is 1. The van der Waals surface area contributed by atoms with Gasteiger partial charge >= 0.3 is 0 Å². The summed E-state index contributed by atoms with van der Waals surface area (Å²) < 4.78 is 7.69. The molecule has 2 atom stereocenters. The van der Waals surface area contributed by atoms with Crippen molar-refractivity contribution in [2.45, 2.75) is 25.6 Å². The fourth-order valence-corrected chi connectivity index (χ4v) is 3.95. The van der Waals surface area contributed by atoms with Crippen LogP contribution in [0.4, 0.5) is 0 Å². The number of β-amino-alcohol motifs (C(OH)–C–C–N with tert-alkyl or cyclic N) is 1. The van der Waals surface area contributed by atoms with Crippen LogP contribution in [-0.2, 0) is 23.0 Å². The molecule has 1 aliphatic heterocycles. The van der Waals surface area contributed by atoms with Crippen LogP contribution in [0.1, 0.15) is 12.5 Å². The second kappa shape index (κ2) is 6.74. The van der Waals surface area contributed by atoms with Gasteiger partial charge in [0.05, 0.1) is 12.5 Å². The molecule has 1 amide bonds. The van der Waals surface area contributed by atoms with Gasteiger partial charge in [-0.2, -0.15) is 0 Å². The van der Waals surface area contributed by atoms with Crippen molar-refractivity contribution in [2.24, 2.45) is 7.05 Å². The highest BCUT2D eigenvalue weighted by molar-refractivity contribution is 6.08. The molecule has 0 saturated carbocycles. The molecule has 26 heavy (non-hydrogen) atoms. The van der Waals surface area contributed by atoms with Crippen molar-refractivity contribution < 1.29 is 14.6 Å². The summed E-state index contributed by atoms with van der Waals surface area (Å²) in [5.41, 5.74) is 3.34. The summed E-state index contributed by atoms with van der Waals surface area (Å²) in [6.07, 6.45) is -0.533. The van der Waals surface area contributed by atoms with Crippen LogP contribution in [0, 0.1) is 0 Å². The van der Waals surface area contributed by atoms with E-state index in [0.717, 1.165) is 11.1 Å². The molecule has 0 aliphatic carbocycles. The van der Waals surface area contributed by atoms with Gasteiger partial charge in [-0.15, -0.1) is 0 Å². The number of benzene rings is 2. The van der Waals surface area contributed by atoms with Crippen molar-refractivity contribution in [3.63, 3.8) is 0 Å². The predicted molar refractivity (Wildman–Crippen MR) is 102 cm³/mol. The normalized spacial score (nSPS) is 20.3. The number of carbonyl (C=O) groups excluding carboxylic acids is 1. The van der Waals surface area contributed by atoms with E-state index in [1.807, 2.05) is 25.1 Å². The number of aliphatic hydroxyl groups is 1. The van der Waals surface area contributed by atoms with Gasteiger partial charge in [0.2, 0.25) is 5.91 Å². The van der Waals surface area contributed by atoms with E-state index in [1.165, 1.54) is 16.3 Å². The van der Waals surface area contributed by atoms with Crippen LogP contribution >= 0.6 is 0 Å². The number of carbonyl (C=O) groups is 1. The van der Waals surface area contributed by atoms with Crippen LogP contribution in [0.3, 0.4) is 0 Å². The summed E-state index contributed by atoms with van der Waals surface area (Å²) in [4.78, 5) is 14.4. The molecule has 1 aliphatic rings. The monoisotopic (exact) mass is 352 g/mol. The third-order valence-corrected chi connectivity index (χ3v) is 5.30. The molecule has 3 aromatic rings. The molecular weight excluding hydrogens is 328 g/mol. The average Bonchev–Trinajstić information content (AvgIpc) is 3.15. The Hall–Kier alpha value is -2.37. The van der Waals surface area contributed by atoms with E-state index in [4.69, 9.17) is 4.74 Å². The van der Waals surface area contributed by atoms with Gasteiger partial charge in [-0.3, -0.25) is 4.79 Å².